The van der Waals surface area contributed by atoms with Gasteiger partial charge in [0.1, 0.15) is 0 Å². The first-order valence-corrected chi connectivity index (χ1v) is 4.47. The Morgan fingerprint density at radius 3 is 2.86 bits per heavy atom. The molecule has 0 bridgehead atoms. The van der Waals surface area contributed by atoms with Gasteiger partial charge in [-0.3, -0.25) is 4.79 Å². The molecule has 5 heteroatoms. The highest BCUT2D eigenvalue weighted by Crippen LogP contribution is 2.45. The standard InChI is InChI=1S/C9H12O5/c10-3-5-1-7(12)6-2-8(13)14-9(5,6)4-11/h1,6-7,10-12H,2-4H2/t6-,7+,9+/m1/s1. The zero-order valence-corrected chi connectivity index (χ0v) is 7.51. The second-order valence-corrected chi connectivity index (χ2v) is 3.67. The second-order valence-electron chi connectivity index (χ2n) is 3.67. The average molecular weight is 200 g/mol. The number of ether oxygens (including phenoxy) is 1. The lowest BCUT2D eigenvalue weighted by Gasteiger charge is -2.28. The smallest absolute Gasteiger partial charge is 0.307 e. The first-order valence-electron chi connectivity index (χ1n) is 4.47. The van der Waals surface area contributed by atoms with Crippen LogP contribution in [-0.2, 0) is 9.53 Å². The fraction of sp³-hybridized carbons (Fsp3) is 0.667. The minimum absolute atomic E-state index is 0.0850. The first kappa shape index (κ1) is 9.64. The van der Waals surface area contributed by atoms with Crippen LogP contribution in [0.1, 0.15) is 6.42 Å². The van der Waals surface area contributed by atoms with Crippen molar-refractivity contribution in [2.24, 2.45) is 5.92 Å². The summed E-state index contributed by atoms with van der Waals surface area (Å²) >= 11 is 0. The van der Waals surface area contributed by atoms with Crippen LogP contribution < -0.4 is 0 Å². The van der Waals surface area contributed by atoms with Crippen LogP contribution in [0.4, 0.5) is 0 Å². The zero-order valence-electron chi connectivity index (χ0n) is 7.51. The van der Waals surface area contributed by atoms with Gasteiger partial charge in [0.05, 0.1) is 25.7 Å². The van der Waals surface area contributed by atoms with E-state index in [-0.39, 0.29) is 13.0 Å². The summed E-state index contributed by atoms with van der Waals surface area (Å²) in [4.78, 5) is 11.1. The van der Waals surface area contributed by atoms with Gasteiger partial charge in [-0.15, -0.1) is 0 Å². The van der Waals surface area contributed by atoms with E-state index in [1.54, 1.807) is 0 Å². The third kappa shape index (κ3) is 1.03. The number of carbonyl (C=O) groups is 1. The molecule has 0 radical (unpaired) electrons. The Balaban J connectivity index is 2.38. The Kier molecular flexibility index (Phi) is 2.10. The first-order chi connectivity index (χ1) is 6.64. The molecule has 5 nitrogen and oxygen atoms in total. The molecular weight excluding hydrogens is 188 g/mol. The molecule has 1 fully saturated rings. The maximum Gasteiger partial charge on any atom is 0.307 e. The van der Waals surface area contributed by atoms with Crippen molar-refractivity contribution in [1.29, 1.82) is 0 Å². The van der Waals surface area contributed by atoms with Crippen LogP contribution in [0.15, 0.2) is 11.6 Å². The Bertz CT molecular complexity index is 298. The van der Waals surface area contributed by atoms with Gasteiger partial charge in [-0.25, -0.2) is 0 Å². The van der Waals surface area contributed by atoms with Crippen LogP contribution in [0.5, 0.6) is 0 Å². The molecule has 0 saturated carbocycles. The molecule has 0 amide bonds. The SMILES string of the molecule is O=C1C[C@@H]2[C@@H](O)C=C(CO)[C@]2(CO)O1. The summed E-state index contributed by atoms with van der Waals surface area (Å²) < 4.78 is 5.02. The molecule has 3 atom stereocenters. The molecule has 3 N–H and O–H groups in total. The number of carbonyl (C=O) groups excluding carboxylic acids is 1. The predicted molar refractivity (Wildman–Crippen MR) is 45.2 cm³/mol. The Morgan fingerprint density at radius 1 is 1.57 bits per heavy atom. The lowest BCUT2D eigenvalue weighted by atomic mass is 9.86. The summed E-state index contributed by atoms with van der Waals surface area (Å²) in [5, 5.41) is 27.8. The molecule has 1 saturated heterocycles. The van der Waals surface area contributed by atoms with Crippen LogP contribution in [0.25, 0.3) is 0 Å². The van der Waals surface area contributed by atoms with E-state index in [0.717, 1.165) is 0 Å². The van der Waals surface area contributed by atoms with Gasteiger partial charge >= 0.3 is 5.97 Å². The summed E-state index contributed by atoms with van der Waals surface area (Å²) in [6.45, 7) is -0.714. The van der Waals surface area contributed by atoms with Crippen molar-refractivity contribution in [3.8, 4) is 0 Å². The van der Waals surface area contributed by atoms with Crippen molar-refractivity contribution in [1.82, 2.24) is 0 Å². The summed E-state index contributed by atoms with van der Waals surface area (Å²) in [6.07, 6.45) is 0.713. The fourth-order valence-electron chi connectivity index (χ4n) is 2.27. The predicted octanol–water partition coefficient (Wildman–Crippen LogP) is -1.43. The lowest BCUT2D eigenvalue weighted by Crippen LogP contribution is -2.42. The molecule has 2 rings (SSSR count). The molecule has 0 aromatic rings. The lowest BCUT2D eigenvalue weighted by molar-refractivity contribution is -0.149. The highest BCUT2D eigenvalue weighted by Gasteiger charge is 2.57. The molecule has 14 heavy (non-hydrogen) atoms. The van der Waals surface area contributed by atoms with Crippen LogP contribution in [0, 0.1) is 5.92 Å². The van der Waals surface area contributed by atoms with Crippen LogP contribution in [-0.4, -0.2) is 46.2 Å². The molecule has 1 aliphatic heterocycles. The molecule has 0 aromatic carbocycles. The number of rotatable bonds is 2. The van der Waals surface area contributed by atoms with Gasteiger partial charge < -0.3 is 20.1 Å². The highest BCUT2D eigenvalue weighted by atomic mass is 16.6. The van der Waals surface area contributed by atoms with E-state index in [0.29, 0.717) is 5.57 Å². The summed E-state index contributed by atoms with van der Waals surface area (Å²) in [6, 6.07) is 0. The molecule has 78 valence electrons. The number of esters is 1. The number of hydrogen-bond acceptors (Lipinski definition) is 5. The minimum Gasteiger partial charge on any atom is -0.451 e. The highest BCUT2D eigenvalue weighted by molar-refractivity contribution is 5.75. The largest absolute Gasteiger partial charge is 0.451 e. The number of fused-ring (bicyclic) bond motifs is 1. The van der Waals surface area contributed by atoms with E-state index in [9.17, 15) is 15.0 Å². The van der Waals surface area contributed by atoms with Crippen molar-refractivity contribution < 1.29 is 24.9 Å². The fourth-order valence-corrected chi connectivity index (χ4v) is 2.27. The van der Waals surface area contributed by atoms with E-state index in [1.165, 1.54) is 6.08 Å². The number of hydrogen-bond donors (Lipinski definition) is 3. The second kappa shape index (κ2) is 3.05. The Hall–Kier alpha value is -0.910. The van der Waals surface area contributed by atoms with E-state index in [2.05, 4.69) is 0 Å². The number of aliphatic hydroxyl groups is 3. The van der Waals surface area contributed by atoms with E-state index in [1.807, 2.05) is 0 Å². The van der Waals surface area contributed by atoms with Gasteiger partial charge in [-0.2, -0.15) is 0 Å². The van der Waals surface area contributed by atoms with E-state index in [4.69, 9.17) is 9.84 Å². The molecule has 2 aliphatic rings. The molecule has 1 aliphatic carbocycles. The molecule has 0 unspecified atom stereocenters. The number of aliphatic hydroxyl groups excluding tert-OH is 3. The van der Waals surface area contributed by atoms with Gasteiger partial charge in [0.25, 0.3) is 0 Å². The quantitative estimate of drug-likeness (QED) is 0.376. The van der Waals surface area contributed by atoms with Crippen molar-refractivity contribution in [3.63, 3.8) is 0 Å². The van der Waals surface area contributed by atoms with Crippen molar-refractivity contribution in [2.75, 3.05) is 13.2 Å². The van der Waals surface area contributed by atoms with Gasteiger partial charge in [-0.1, -0.05) is 6.08 Å². The van der Waals surface area contributed by atoms with Crippen molar-refractivity contribution >= 4 is 5.97 Å². The van der Waals surface area contributed by atoms with Crippen molar-refractivity contribution in [3.05, 3.63) is 11.6 Å². The molecule has 1 heterocycles. The van der Waals surface area contributed by atoms with Gasteiger partial charge in [0.15, 0.2) is 5.60 Å². The topological polar surface area (TPSA) is 87.0 Å². The average Bonchev–Trinajstić information content (AvgIpc) is 2.62. The van der Waals surface area contributed by atoms with Gasteiger partial charge in [-0.05, 0) is 5.57 Å². The monoisotopic (exact) mass is 200 g/mol. The van der Waals surface area contributed by atoms with Crippen LogP contribution in [0.3, 0.4) is 0 Å². The van der Waals surface area contributed by atoms with Gasteiger partial charge in [0, 0.05) is 5.92 Å². The van der Waals surface area contributed by atoms with Gasteiger partial charge in [0.2, 0.25) is 0 Å². The van der Waals surface area contributed by atoms with E-state index < -0.39 is 30.2 Å². The summed E-state index contributed by atoms with van der Waals surface area (Å²) in [7, 11) is 0. The van der Waals surface area contributed by atoms with Crippen LogP contribution >= 0.6 is 0 Å². The molecule has 0 spiro atoms. The molecular formula is C9H12O5. The molecule has 0 aromatic heterocycles. The third-order valence-corrected chi connectivity index (χ3v) is 3.01. The van der Waals surface area contributed by atoms with Crippen molar-refractivity contribution in [2.45, 2.75) is 18.1 Å². The van der Waals surface area contributed by atoms with Crippen LogP contribution in [0.2, 0.25) is 0 Å². The Morgan fingerprint density at radius 2 is 2.29 bits per heavy atom. The Labute approximate surface area is 80.6 Å². The zero-order chi connectivity index (χ0) is 10.3. The maximum atomic E-state index is 11.1. The normalized spacial score (nSPS) is 40.8. The third-order valence-electron chi connectivity index (χ3n) is 3.01. The van der Waals surface area contributed by atoms with E-state index >= 15 is 0 Å². The summed E-state index contributed by atoms with van der Waals surface area (Å²) in [5.41, 5.74) is -0.783. The maximum absolute atomic E-state index is 11.1. The minimum atomic E-state index is -1.18. The summed E-state index contributed by atoms with van der Waals surface area (Å²) in [5.74, 6) is -0.899.